The second-order valence-electron chi connectivity index (χ2n) is 19.0. The van der Waals surface area contributed by atoms with Crippen molar-refractivity contribution in [2.45, 2.75) is 57.4 Å². The number of fused-ring (bicyclic) bond motifs is 5. The fourth-order valence-corrected chi connectivity index (χ4v) is 12.4. The smallest absolute Gasteiger partial charge is 0.0517 e. The van der Waals surface area contributed by atoms with E-state index >= 15 is 0 Å². The third-order valence-electron chi connectivity index (χ3n) is 15.7. The molecule has 0 radical (unpaired) electrons. The second-order valence-corrected chi connectivity index (χ2v) is 19.0. The van der Waals surface area contributed by atoms with Crippen molar-refractivity contribution in [1.82, 2.24) is 4.98 Å². The Labute approximate surface area is 374 Å². The van der Waals surface area contributed by atoms with E-state index in [-0.39, 0.29) is 11.0 Å². The molecule has 10 aromatic carbocycles. The number of hydrogen-bond donors (Lipinski definition) is 0. The van der Waals surface area contributed by atoms with Gasteiger partial charge in [-0.05, 0) is 167 Å². The van der Waals surface area contributed by atoms with E-state index in [0.29, 0.717) is 0 Å². The Morgan fingerprint density at radius 2 is 0.984 bits per heavy atom. The molecule has 1 fully saturated rings. The second kappa shape index (κ2) is 13.9. The van der Waals surface area contributed by atoms with E-state index < -0.39 is 0 Å². The predicted octanol–water partition coefficient (Wildman–Crippen LogP) is 17.0. The number of benzene rings is 10. The summed E-state index contributed by atoms with van der Waals surface area (Å²) in [5, 5.41) is 12.9. The van der Waals surface area contributed by atoms with Crippen LogP contribution in [0.1, 0.15) is 50.8 Å². The predicted molar refractivity (Wildman–Crippen MR) is 272 cm³/mol. The van der Waals surface area contributed by atoms with E-state index in [1.165, 1.54) is 135 Å². The van der Waals surface area contributed by atoms with Crippen LogP contribution in [-0.4, -0.2) is 10.5 Å². The molecule has 1 aromatic heterocycles. The summed E-state index contributed by atoms with van der Waals surface area (Å²) < 4.78 is 0. The van der Waals surface area contributed by atoms with Crippen LogP contribution in [0.4, 0.5) is 11.4 Å². The molecule has 1 saturated carbocycles. The molecular weight excluding hydrogens is 773 g/mol. The Morgan fingerprint density at radius 3 is 1.61 bits per heavy atom. The standard InChI is InChI=1S/C62H48N2/c1-39-35-44(31-34-63-39)64-58-30-25-43(36-57(58)61(2)32-11-12-33-62(61,64)3)54-38-56(48-24-14-20-41-18-8-10-22-46(41)48)52-28-26-49-53(42-15-5-4-6-16-42)37-55(51-29-27-50(54)60(52)59(49)51)47-23-13-19-40-17-7-9-21-45(40)47/h4-10,13-31,34-38H,11-12,32-33H2,1-3H3. The fraction of sp³-hybridized carbons (Fsp3) is 0.145. The lowest BCUT2D eigenvalue weighted by atomic mass is 9.61. The maximum Gasteiger partial charge on any atom is 0.0517 e. The molecule has 2 atom stereocenters. The van der Waals surface area contributed by atoms with Crippen molar-refractivity contribution in [1.29, 1.82) is 0 Å². The van der Waals surface area contributed by atoms with Crippen LogP contribution in [0, 0.1) is 6.92 Å². The number of pyridine rings is 1. The molecule has 2 unspecified atom stereocenters. The third kappa shape index (κ3) is 5.23. The Kier molecular flexibility index (Phi) is 8.07. The van der Waals surface area contributed by atoms with Gasteiger partial charge in [-0.1, -0.05) is 165 Å². The van der Waals surface area contributed by atoms with Gasteiger partial charge in [-0.15, -0.1) is 0 Å². The molecule has 1 aliphatic heterocycles. The first kappa shape index (κ1) is 37.3. The highest BCUT2D eigenvalue weighted by atomic mass is 15.3. The summed E-state index contributed by atoms with van der Waals surface area (Å²) in [6, 6.07) is 68.9. The van der Waals surface area contributed by atoms with Gasteiger partial charge >= 0.3 is 0 Å². The zero-order chi connectivity index (χ0) is 42.7. The molecule has 2 nitrogen and oxygen atoms in total. The molecule has 1 aliphatic carbocycles. The molecule has 306 valence electrons. The molecular formula is C62H48N2. The van der Waals surface area contributed by atoms with E-state index in [1.54, 1.807) is 0 Å². The third-order valence-corrected chi connectivity index (χ3v) is 15.7. The van der Waals surface area contributed by atoms with Crippen LogP contribution < -0.4 is 4.90 Å². The van der Waals surface area contributed by atoms with Gasteiger partial charge in [-0.25, -0.2) is 0 Å². The van der Waals surface area contributed by atoms with Gasteiger partial charge in [0.05, 0.1) is 5.54 Å². The van der Waals surface area contributed by atoms with Crippen molar-refractivity contribution in [3.05, 3.63) is 199 Å². The van der Waals surface area contributed by atoms with Gasteiger partial charge in [-0.3, -0.25) is 4.98 Å². The lowest BCUT2D eigenvalue weighted by Gasteiger charge is -2.50. The molecule has 0 saturated heterocycles. The molecule has 0 spiro atoms. The number of aromatic nitrogens is 1. The van der Waals surface area contributed by atoms with Gasteiger partial charge in [0.2, 0.25) is 0 Å². The van der Waals surface area contributed by atoms with E-state index in [9.17, 15) is 0 Å². The van der Waals surface area contributed by atoms with Gasteiger partial charge in [0, 0.05) is 28.7 Å². The van der Waals surface area contributed by atoms with Crippen LogP contribution in [-0.2, 0) is 5.41 Å². The van der Waals surface area contributed by atoms with Gasteiger partial charge in [-0.2, -0.15) is 0 Å². The molecule has 0 bridgehead atoms. The van der Waals surface area contributed by atoms with Crippen LogP contribution >= 0.6 is 0 Å². The van der Waals surface area contributed by atoms with Gasteiger partial charge in [0.25, 0.3) is 0 Å². The van der Waals surface area contributed by atoms with Crippen molar-refractivity contribution in [2.24, 2.45) is 0 Å². The zero-order valence-corrected chi connectivity index (χ0v) is 36.6. The highest BCUT2D eigenvalue weighted by Gasteiger charge is 2.57. The summed E-state index contributed by atoms with van der Waals surface area (Å²) in [4.78, 5) is 7.28. The van der Waals surface area contributed by atoms with Crippen molar-refractivity contribution in [2.75, 3.05) is 4.90 Å². The average Bonchev–Trinajstić information content (AvgIpc) is 3.55. The van der Waals surface area contributed by atoms with Crippen molar-refractivity contribution in [3.63, 3.8) is 0 Å². The number of aryl methyl sites for hydroxylation is 1. The topological polar surface area (TPSA) is 16.1 Å². The summed E-state index contributed by atoms with van der Waals surface area (Å²) in [6.07, 6.45) is 6.78. The molecule has 2 aliphatic rings. The maximum atomic E-state index is 4.61. The molecule has 2 heterocycles. The minimum atomic E-state index is -0.0530. The Morgan fingerprint density at radius 1 is 0.438 bits per heavy atom. The first-order chi connectivity index (χ1) is 31.4. The fourth-order valence-electron chi connectivity index (χ4n) is 12.4. The summed E-state index contributed by atoms with van der Waals surface area (Å²) in [7, 11) is 0. The normalized spacial score (nSPS) is 18.4. The highest BCUT2D eigenvalue weighted by Crippen LogP contribution is 2.61. The SMILES string of the molecule is Cc1cc(N2c3ccc(-c4cc(-c5cccc6ccccc56)c5ccc6c(-c7ccccc7)cc(-c7cccc8ccccc78)c7ccc4c5c67)cc3C3(C)CCCCC23C)ccn1. The van der Waals surface area contributed by atoms with Gasteiger partial charge in [0.15, 0.2) is 0 Å². The van der Waals surface area contributed by atoms with Crippen LogP contribution in [0.2, 0.25) is 0 Å². The van der Waals surface area contributed by atoms with E-state index in [4.69, 9.17) is 0 Å². The van der Waals surface area contributed by atoms with Crippen LogP contribution in [0.5, 0.6) is 0 Å². The highest BCUT2D eigenvalue weighted by molar-refractivity contribution is 6.32. The summed E-state index contributed by atoms with van der Waals surface area (Å²) in [6.45, 7) is 7.18. The van der Waals surface area contributed by atoms with E-state index in [0.717, 1.165) is 12.1 Å². The van der Waals surface area contributed by atoms with E-state index in [1.807, 2.05) is 6.20 Å². The monoisotopic (exact) mass is 820 g/mol. The van der Waals surface area contributed by atoms with Crippen molar-refractivity contribution in [3.8, 4) is 44.5 Å². The van der Waals surface area contributed by atoms with Crippen molar-refractivity contribution >= 4 is 65.2 Å². The summed E-state index contributed by atoms with van der Waals surface area (Å²) in [5.41, 5.74) is 15.1. The Hall–Kier alpha value is -7.29. The van der Waals surface area contributed by atoms with Crippen LogP contribution in [0.25, 0.3) is 98.4 Å². The first-order valence-corrected chi connectivity index (χ1v) is 23.1. The van der Waals surface area contributed by atoms with Crippen molar-refractivity contribution < 1.29 is 0 Å². The molecule has 0 N–H and O–H groups in total. The lowest BCUT2D eigenvalue weighted by molar-refractivity contribution is 0.195. The Balaban J connectivity index is 1.15. The minimum absolute atomic E-state index is 0.0199. The number of anilines is 2. The molecule has 0 amide bonds. The van der Waals surface area contributed by atoms with Gasteiger partial charge < -0.3 is 4.90 Å². The van der Waals surface area contributed by atoms with E-state index in [2.05, 4.69) is 213 Å². The summed E-state index contributed by atoms with van der Waals surface area (Å²) in [5.74, 6) is 0. The lowest BCUT2D eigenvalue weighted by Crippen LogP contribution is -2.54. The minimum Gasteiger partial charge on any atom is -0.334 e. The zero-order valence-electron chi connectivity index (χ0n) is 36.6. The quantitative estimate of drug-likeness (QED) is 0.161. The maximum absolute atomic E-state index is 4.61. The number of rotatable bonds is 5. The number of hydrogen-bond acceptors (Lipinski definition) is 2. The molecule has 64 heavy (non-hydrogen) atoms. The molecule has 13 rings (SSSR count). The largest absolute Gasteiger partial charge is 0.334 e. The average molecular weight is 821 g/mol. The molecule has 11 aromatic rings. The Bertz CT molecular complexity index is 3670. The van der Waals surface area contributed by atoms with Crippen LogP contribution in [0.15, 0.2) is 188 Å². The first-order valence-electron chi connectivity index (χ1n) is 23.1. The molecule has 2 heteroatoms. The van der Waals surface area contributed by atoms with Crippen LogP contribution in [0.3, 0.4) is 0 Å². The van der Waals surface area contributed by atoms with Gasteiger partial charge in [0.1, 0.15) is 0 Å². The summed E-state index contributed by atoms with van der Waals surface area (Å²) >= 11 is 0. The number of nitrogens with zero attached hydrogens (tertiary/aromatic N) is 2.